The van der Waals surface area contributed by atoms with Gasteiger partial charge in [-0.2, -0.15) is 0 Å². The quantitative estimate of drug-likeness (QED) is 0.668. The van der Waals surface area contributed by atoms with Gasteiger partial charge in [-0.15, -0.1) is 11.3 Å². The topological polar surface area (TPSA) is 50.9 Å². The molecule has 5 heteroatoms. The van der Waals surface area contributed by atoms with Gasteiger partial charge in [0.1, 0.15) is 5.52 Å². The summed E-state index contributed by atoms with van der Waals surface area (Å²) in [5, 5.41) is 3.37. The van der Waals surface area contributed by atoms with Gasteiger partial charge in [-0.25, -0.2) is 4.98 Å². The minimum absolute atomic E-state index is 0.693. The first-order valence-corrected chi connectivity index (χ1v) is 7.47. The lowest BCUT2D eigenvalue weighted by Gasteiger charge is -2.12. The van der Waals surface area contributed by atoms with Crippen LogP contribution in [0.3, 0.4) is 0 Å². The summed E-state index contributed by atoms with van der Waals surface area (Å²) < 4.78 is 2.14. The minimum Gasteiger partial charge on any atom is -0.395 e. The van der Waals surface area contributed by atoms with E-state index in [4.69, 9.17) is 5.73 Å². The van der Waals surface area contributed by atoms with Crippen molar-refractivity contribution in [2.45, 2.75) is 6.92 Å². The van der Waals surface area contributed by atoms with Gasteiger partial charge < -0.3 is 11.1 Å². The summed E-state index contributed by atoms with van der Waals surface area (Å²) in [6.45, 7) is 2.06. The van der Waals surface area contributed by atoms with Crippen molar-refractivity contribution in [3.63, 3.8) is 0 Å². The van der Waals surface area contributed by atoms with Crippen LogP contribution in [0.15, 0.2) is 40.3 Å². The highest BCUT2D eigenvalue weighted by Gasteiger charge is 2.08. The summed E-state index contributed by atoms with van der Waals surface area (Å²) >= 11 is 5.08. The van der Waals surface area contributed by atoms with Gasteiger partial charge in [0.15, 0.2) is 0 Å². The number of benzene rings is 2. The Hall–Kier alpha value is -1.59. The smallest absolute Gasteiger partial charge is 0.106 e. The van der Waals surface area contributed by atoms with Crippen molar-refractivity contribution in [3.05, 3.63) is 45.9 Å². The van der Waals surface area contributed by atoms with Gasteiger partial charge >= 0.3 is 0 Å². The predicted molar refractivity (Wildman–Crippen MR) is 86.2 cm³/mol. The molecule has 3 nitrogen and oxygen atoms in total. The number of nitrogens with one attached hydrogen (secondary N) is 1. The normalized spacial score (nSPS) is 10.8. The van der Waals surface area contributed by atoms with Crippen LogP contribution in [0, 0.1) is 6.92 Å². The summed E-state index contributed by atoms with van der Waals surface area (Å²) in [6, 6.07) is 10.2. The number of fused-ring (bicyclic) bond motifs is 1. The second-order valence-electron chi connectivity index (χ2n) is 4.31. The van der Waals surface area contributed by atoms with Crippen LogP contribution in [0.5, 0.6) is 0 Å². The van der Waals surface area contributed by atoms with Crippen LogP contribution in [0.25, 0.3) is 10.2 Å². The zero-order chi connectivity index (χ0) is 13.4. The number of hydrogen-bond donors (Lipinski definition) is 2. The van der Waals surface area contributed by atoms with Crippen molar-refractivity contribution in [2.24, 2.45) is 0 Å². The third-order valence-corrected chi connectivity index (χ3v) is 4.30. The fourth-order valence-corrected chi connectivity index (χ4v) is 2.99. The van der Waals surface area contributed by atoms with Crippen molar-refractivity contribution in [1.82, 2.24) is 4.98 Å². The molecule has 0 radical (unpaired) electrons. The molecule has 0 amide bonds. The van der Waals surface area contributed by atoms with E-state index in [1.165, 1.54) is 5.56 Å². The molecular formula is C14H12BrN3S. The highest BCUT2D eigenvalue weighted by Crippen LogP contribution is 2.33. The van der Waals surface area contributed by atoms with E-state index in [0.717, 1.165) is 26.1 Å². The van der Waals surface area contributed by atoms with Crippen LogP contribution in [-0.2, 0) is 0 Å². The average Bonchev–Trinajstić information content (AvgIpc) is 2.86. The lowest BCUT2D eigenvalue weighted by Crippen LogP contribution is -1.98. The molecule has 0 aliphatic heterocycles. The van der Waals surface area contributed by atoms with Gasteiger partial charge in [0.25, 0.3) is 0 Å². The number of hydrogen-bond acceptors (Lipinski definition) is 4. The Morgan fingerprint density at radius 3 is 2.89 bits per heavy atom. The fourth-order valence-electron chi connectivity index (χ4n) is 1.94. The monoisotopic (exact) mass is 333 g/mol. The molecular weight excluding hydrogens is 322 g/mol. The Bertz CT molecular complexity index is 752. The molecule has 1 aromatic heterocycles. The van der Waals surface area contributed by atoms with Crippen LogP contribution in [-0.4, -0.2) is 4.98 Å². The van der Waals surface area contributed by atoms with E-state index in [1.807, 2.05) is 29.8 Å². The van der Waals surface area contributed by atoms with Crippen molar-refractivity contribution < 1.29 is 0 Å². The van der Waals surface area contributed by atoms with Gasteiger partial charge in [-0.3, -0.25) is 0 Å². The van der Waals surface area contributed by atoms with Gasteiger partial charge in [0, 0.05) is 10.2 Å². The minimum atomic E-state index is 0.693. The third kappa shape index (κ3) is 2.31. The highest BCUT2D eigenvalue weighted by atomic mass is 79.9. The molecule has 96 valence electrons. The summed E-state index contributed by atoms with van der Waals surface area (Å²) in [4.78, 5) is 4.30. The van der Waals surface area contributed by atoms with Crippen LogP contribution in [0.2, 0.25) is 0 Å². The maximum atomic E-state index is 6.17. The molecule has 0 saturated heterocycles. The molecule has 3 rings (SSSR count). The number of halogens is 1. The Morgan fingerprint density at radius 2 is 2.05 bits per heavy atom. The fraction of sp³-hybridized carbons (Fsp3) is 0.0714. The van der Waals surface area contributed by atoms with E-state index >= 15 is 0 Å². The number of aromatic nitrogens is 1. The lowest BCUT2D eigenvalue weighted by atomic mass is 10.2. The number of nitrogens with zero attached hydrogens (tertiary/aromatic N) is 1. The van der Waals surface area contributed by atoms with E-state index < -0.39 is 0 Å². The predicted octanol–water partition coefficient (Wildman–Crippen LogP) is 4.69. The average molecular weight is 334 g/mol. The Balaban J connectivity index is 2.05. The highest BCUT2D eigenvalue weighted by molar-refractivity contribution is 9.10. The number of aryl methyl sites for hydroxylation is 1. The molecule has 0 atom stereocenters. The number of anilines is 3. The zero-order valence-corrected chi connectivity index (χ0v) is 12.7. The Kier molecular flexibility index (Phi) is 3.16. The number of nitrogen functional groups attached to an aromatic ring is 1. The maximum Gasteiger partial charge on any atom is 0.106 e. The van der Waals surface area contributed by atoms with Crippen LogP contribution in [0.1, 0.15) is 5.56 Å². The Morgan fingerprint density at radius 1 is 1.21 bits per heavy atom. The van der Waals surface area contributed by atoms with E-state index in [0.29, 0.717) is 5.69 Å². The van der Waals surface area contributed by atoms with Crippen molar-refractivity contribution >= 4 is 54.5 Å². The standard InChI is InChI=1S/C14H12BrN3S/c1-8-2-3-9(15)6-11(8)18-10-4-5-12-14(13(10)16)17-7-19-12/h2-7,18H,16H2,1H3. The van der Waals surface area contributed by atoms with Crippen LogP contribution in [0.4, 0.5) is 17.1 Å². The molecule has 2 aromatic carbocycles. The van der Waals surface area contributed by atoms with E-state index in [2.05, 4.69) is 39.2 Å². The molecule has 19 heavy (non-hydrogen) atoms. The molecule has 0 bridgehead atoms. The van der Waals surface area contributed by atoms with Crippen molar-refractivity contribution in [2.75, 3.05) is 11.1 Å². The van der Waals surface area contributed by atoms with Gasteiger partial charge in [0.2, 0.25) is 0 Å². The van der Waals surface area contributed by atoms with E-state index in [1.54, 1.807) is 11.3 Å². The molecule has 3 aromatic rings. The molecule has 3 N–H and O–H groups in total. The van der Waals surface area contributed by atoms with Crippen LogP contribution >= 0.6 is 27.3 Å². The second kappa shape index (κ2) is 4.83. The van der Waals surface area contributed by atoms with Gasteiger partial charge in [0.05, 0.1) is 21.6 Å². The zero-order valence-electron chi connectivity index (χ0n) is 10.3. The summed E-state index contributed by atoms with van der Waals surface area (Å²) in [5.74, 6) is 0. The summed E-state index contributed by atoms with van der Waals surface area (Å²) in [5.41, 5.74) is 12.6. The number of nitrogens with two attached hydrogens (primary N) is 1. The maximum absolute atomic E-state index is 6.17. The molecule has 0 saturated carbocycles. The molecule has 0 fully saturated rings. The first-order valence-electron chi connectivity index (χ1n) is 5.80. The summed E-state index contributed by atoms with van der Waals surface area (Å²) in [6.07, 6.45) is 0. The van der Waals surface area contributed by atoms with Crippen LogP contribution < -0.4 is 11.1 Å². The third-order valence-electron chi connectivity index (χ3n) is 3.01. The first-order chi connectivity index (χ1) is 9.15. The molecule has 0 aliphatic carbocycles. The van der Waals surface area contributed by atoms with Crippen molar-refractivity contribution in [1.29, 1.82) is 0 Å². The molecule has 1 heterocycles. The lowest BCUT2D eigenvalue weighted by molar-refractivity contribution is 1.42. The first kappa shape index (κ1) is 12.4. The van der Waals surface area contributed by atoms with E-state index in [9.17, 15) is 0 Å². The SMILES string of the molecule is Cc1ccc(Br)cc1Nc1ccc2scnc2c1N. The van der Waals surface area contributed by atoms with Gasteiger partial charge in [-0.1, -0.05) is 22.0 Å². The number of rotatable bonds is 2. The molecule has 0 aliphatic rings. The molecule has 0 spiro atoms. The molecule has 0 unspecified atom stereocenters. The second-order valence-corrected chi connectivity index (χ2v) is 6.11. The Labute approximate surface area is 123 Å². The van der Waals surface area contributed by atoms with Crippen molar-refractivity contribution in [3.8, 4) is 0 Å². The summed E-state index contributed by atoms with van der Waals surface area (Å²) in [7, 11) is 0. The van der Waals surface area contributed by atoms with E-state index in [-0.39, 0.29) is 0 Å². The van der Waals surface area contributed by atoms with Gasteiger partial charge in [-0.05, 0) is 36.8 Å². The number of thiazole rings is 1. The largest absolute Gasteiger partial charge is 0.395 e.